The normalized spacial score (nSPS) is 18.3. The molecule has 0 bridgehead atoms. The quantitative estimate of drug-likeness (QED) is 0.804. The predicted octanol–water partition coefficient (Wildman–Crippen LogP) is 1.39. The zero-order chi connectivity index (χ0) is 15.1. The summed E-state index contributed by atoms with van der Waals surface area (Å²) >= 11 is 0. The van der Waals surface area contributed by atoms with Crippen LogP contribution < -0.4 is 4.74 Å². The van der Waals surface area contributed by atoms with Gasteiger partial charge in [-0.2, -0.15) is 0 Å². The third-order valence-corrected chi connectivity index (χ3v) is 3.86. The first-order valence-corrected chi connectivity index (χ1v) is 7.40. The Labute approximate surface area is 126 Å². The van der Waals surface area contributed by atoms with Crippen molar-refractivity contribution in [2.24, 2.45) is 0 Å². The van der Waals surface area contributed by atoms with Gasteiger partial charge in [0.15, 0.2) is 0 Å². The lowest BCUT2D eigenvalue weighted by molar-refractivity contribution is 0.153. The molecule has 0 aromatic heterocycles. The Kier molecular flexibility index (Phi) is 6.06. The van der Waals surface area contributed by atoms with Gasteiger partial charge in [0, 0.05) is 24.6 Å². The van der Waals surface area contributed by atoms with E-state index in [0.717, 1.165) is 42.8 Å². The molecule has 114 valence electrons. The molecule has 1 fully saturated rings. The van der Waals surface area contributed by atoms with Crippen LogP contribution in [0.3, 0.4) is 0 Å². The Morgan fingerprint density at radius 1 is 1.38 bits per heavy atom. The molecule has 0 saturated carbocycles. The van der Waals surface area contributed by atoms with Crippen molar-refractivity contribution in [3.63, 3.8) is 0 Å². The first kappa shape index (κ1) is 15.8. The van der Waals surface area contributed by atoms with Crippen LogP contribution in [0.2, 0.25) is 0 Å². The highest BCUT2D eigenvalue weighted by atomic mass is 16.5. The fourth-order valence-electron chi connectivity index (χ4n) is 2.69. The molecule has 2 N–H and O–H groups in total. The Morgan fingerprint density at radius 2 is 2.24 bits per heavy atom. The van der Waals surface area contributed by atoms with Crippen molar-refractivity contribution in [3.8, 4) is 17.6 Å². The van der Waals surface area contributed by atoms with Gasteiger partial charge in [0.2, 0.25) is 0 Å². The lowest BCUT2D eigenvalue weighted by atomic mass is 10.1. The Morgan fingerprint density at radius 3 is 2.95 bits per heavy atom. The van der Waals surface area contributed by atoms with E-state index in [2.05, 4.69) is 16.7 Å². The number of methoxy groups -OCH3 is 1. The Bertz CT molecular complexity index is 519. The molecule has 0 spiro atoms. The summed E-state index contributed by atoms with van der Waals surface area (Å²) in [5.74, 6) is 6.91. The molecule has 1 atom stereocenters. The topological polar surface area (TPSA) is 52.9 Å². The molecule has 1 unspecified atom stereocenters. The number of nitrogens with zero attached hydrogens (tertiary/aromatic N) is 1. The molecule has 4 heteroatoms. The zero-order valence-electron chi connectivity index (χ0n) is 12.5. The van der Waals surface area contributed by atoms with Gasteiger partial charge >= 0.3 is 0 Å². The lowest BCUT2D eigenvalue weighted by Gasteiger charge is -2.23. The van der Waals surface area contributed by atoms with Gasteiger partial charge in [-0.05, 0) is 43.1 Å². The van der Waals surface area contributed by atoms with Crippen LogP contribution in [0.1, 0.15) is 30.4 Å². The third kappa shape index (κ3) is 4.21. The van der Waals surface area contributed by atoms with Crippen LogP contribution in [0, 0.1) is 11.8 Å². The van der Waals surface area contributed by atoms with E-state index in [1.165, 1.54) is 0 Å². The van der Waals surface area contributed by atoms with E-state index in [1.54, 1.807) is 7.11 Å². The fraction of sp³-hybridized carbons (Fsp3) is 0.529. The molecule has 1 saturated heterocycles. The summed E-state index contributed by atoms with van der Waals surface area (Å²) in [5, 5.41) is 18.3. The molecule has 0 radical (unpaired) electrons. The van der Waals surface area contributed by atoms with Crippen molar-refractivity contribution in [2.45, 2.75) is 31.8 Å². The SMILES string of the molecule is COc1ccc(C#CCCO)c(CN2CCCC2CO)c1. The van der Waals surface area contributed by atoms with E-state index >= 15 is 0 Å². The van der Waals surface area contributed by atoms with Gasteiger partial charge in [0.25, 0.3) is 0 Å². The van der Waals surface area contributed by atoms with Crippen LogP contribution >= 0.6 is 0 Å². The van der Waals surface area contributed by atoms with Crippen LogP contribution in [-0.2, 0) is 6.54 Å². The van der Waals surface area contributed by atoms with E-state index in [1.807, 2.05) is 18.2 Å². The largest absolute Gasteiger partial charge is 0.497 e. The number of hydrogen-bond acceptors (Lipinski definition) is 4. The van der Waals surface area contributed by atoms with Gasteiger partial charge < -0.3 is 14.9 Å². The number of hydrogen-bond donors (Lipinski definition) is 2. The zero-order valence-corrected chi connectivity index (χ0v) is 12.5. The minimum atomic E-state index is 0.0806. The number of rotatable bonds is 5. The summed E-state index contributed by atoms with van der Waals surface area (Å²) in [6, 6.07) is 6.12. The number of benzene rings is 1. The summed E-state index contributed by atoms with van der Waals surface area (Å²) in [7, 11) is 1.66. The number of likely N-dealkylation sites (tertiary alicyclic amines) is 1. The van der Waals surface area contributed by atoms with Gasteiger partial charge in [-0.25, -0.2) is 0 Å². The van der Waals surface area contributed by atoms with E-state index < -0.39 is 0 Å². The molecule has 2 rings (SSSR count). The van der Waals surface area contributed by atoms with E-state index in [-0.39, 0.29) is 19.3 Å². The molecule has 0 aliphatic carbocycles. The fourth-order valence-corrected chi connectivity index (χ4v) is 2.69. The first-order chi connectivity index (χ1) is 10.3. The molecular formula is C17H23NO3. The third-order valence-electron chi connectivity index (χ3n) is 3.86. The van der Waals surface area contributed by atoms with Gasteiger partial charge in [0.05, 0.1) is 20.3 Å². The average Bonchev–Trinajstić information content (AvgIpc) is 2.96. The molecule has 1 aromatic rings. The van der Waals surface area contributed by atoms with Crippen LogP contribution in [0.5, 0.6) is 5.75 Å². The van der Waals surface area contributed by atoms with E-state index in [4.69, 9.17) is 9.84 Å². The van der Waals surface area contributed by atoms with Crippen molar-refractivity contribution in [1.29, 1.82) is 0 Å². The van der Waals surface area contributed by atoms with E-state index in [0.29, 0.717) is 6.42 Å². The molecule has 1 aliphatic rings. The number of aliphatic hydroxyl groups excluding tert-OH is 2. The summed E-state index contributed by atoms with van der Waals surface area (Å²) in [5.41, 5.74) is 2.08. The van der Waals surface area contributed by atoms with Gasteiger partial charge in [0.1, 0.15) is 5.75 Å². The van der Waals surface area contributed by atoms with Crippen LogP contribution in [0.25, 0.3) is 0 Å². The second-order valence-electron chi connectivity index (χ2n) is 5.25. The molecule has 1 heterocycles. The van der Waals surface area contributed by atoms with Gasteiger partial charge in [-0.1, -0.05) is 11.8 Å². The highest BCUT2D eigenvalue weighted by Gasteiger charge is 2.24. The highest BCUT2D eigenvalue weighted by molar-refractivity contribution is 5.45. The Hall–Kier alpha value is -1.54. The monoisotopic (exact) mass is 289 g/mol. The lowest BCUT2D eigenvalue weighted by Crippen LogP contribution is -2.31. The smallest absolute Gasteiger partial charge is 0.119 e. The standard InChI is InChI=1S/C17H23NO3/c1-21-17-8-7-14(5-2-3-10-19)15(11-17)12-18-9-4-6-16(18)13-20/h7-8,11,16,19-20H,3-4,6,9-10,12-13H2,1H3. The molecule has 4 nitrogen and oxygen atoms in total. The maximum atomic E-state index is 9.44. The molecule has 21 heavy (non-hydrogen) atoms. The second kappa shape index (κ2) is 8.04. The average molecular weight is 289 g/mol. The molecule has 1 aromatic carbocycles. The van der Waals surface area contributed by atoms with E-state index in [9.17, 15) is 5.11 Å². The Balaban J connectivity index is 2.20. The highest BCUT2D eigenvalue weighted by Crippen LogP contribution is 2.24. The van der Waals surface area contributed by atoms with Gasteiger partial charge in [-0.15, -0.1) is 0 Å². The summed E-state index contributed by atoms with van der Waals surface area (Å²) in [6.07, 6.45) is 2.65. The number of aliphatic hydroxyl groups is 2. The van der Waals surface area contributed by atoms with Crippen molar-refractivity contribution in [3.05, 3.63) is 29.3 Å². The number of ether oxygens (including phenoxy) is 1. The maximum Gasteiger partial charge on any atom is 0.119 e. The maximum absolute atomic E-state index is 9.44. The van der Waals surface area contributed by atoms with Crippen molar-refractivity contribution >= 4 is 0 Å². The second-order valence-corrected chi connectivity index (χ2v) is 5.25. The summed E-state index contributed by atoms with van der Waals surface area (Å²) in [6.45, 7) is 2.06. The predicted molar refractivity (Wildman–Crippen MR) is 82.1 cm³/mol. The summed E-state index contributed by atoms with van der Waals surface area (Å²) < 4.78 is 5.30. The van der Waals surface area contributed by atoms with Crippen LogP contribution in [0.15, 0.2) is 18.2 Å². The van der Waals surface area contributed by atoms with Crippen molar-refractivity contribution < 1.29 is 14.9 Å². The summed E-state index contributed by atoms with van der Waals surface area (Å²) in [4.78, 5) is 2.30. The van der Waals surface area contributed by atoms with Crippen molar-refractivity contribution in [1.82, 2.24) is 4.90 Å². The van der Waals surface area contributed by atoms with Crippen LogP contribution in [-0.4, -0.2) is 48.0 Å². The van der Waals surface area contributed by atoms with Crippen LogP contribution in [0.4, 0.5) is 0 Å². The molecular weight excluding hydrogens is 266 g/mol. The molecule has 1 aliphatic heterocycles. The first-order valence-electron chi connectivity index (χ1n) is 7.40. The minimum absolute atomic E-state index is 0.0806. The molecule has 0 amide bonds. The van der Waals surface area contributed by atoms with Gasteiger partial charge in [-0.3, -0.25) is 4.90 Å². The van der Waals surface area contributed by atoms with Crippen molar-refractivity contribution in [2.75, 3.05) is 26.9 Å². The minimum Gasteiger partial charge on any atom is -0.497 e.